The van der Waals surface area contributed by atoms with Gasteiger partial charge in [0, 0.05) is 0 Å². The molecule has 1 aromatic carbocycles. The van der Waals surface area contributed by atoms with Gasteiger partial charge in [0.15, 0.2) is 5.82 Å². The zero-order valence-electron chi connectivity index (χ0n) is 10.8. The Hall–Kier alpha value is -2.70. The summed E-state index contributed by atoms with van der Waals surface area (Å²) < 4.78 is 9.63. The summed E-state index contributed by atoms with van der Waals surface area (Å²) in [4.78, 5) is 23.0. The van der Waals surface area contributed by atoms with E-state index in [0.717, 1.165) is 11.0 Å². The average Bonchev–Trinajstić information content (AvgIpc) is 3.05. The fourth-order valence-corrected chi connectivity index (χ4v) is 1.84. The first-order chi connectivity index (χ1) is 9.76. The lowest BCUT2D eigenvalue weighted by Gasteiger charge is -1.93. The molecular formula is C13H12N4O3. The van der Waals surface area contributed by atoms with Crippen LogP contribution in [0.15, 0.2) is 28.8 Å². The third-order valence-corrected chi connectivity index (χ3v) is 2.68. The number of nitrogens with zero attached hydrogens (tertiary/aromatic N) is 3. The maximum Gasteiger partial charge on any atom is 0.397 e. The van der Waals surface area contributed by atoms with E-state index in [-0.39, 0.29) is 12.5 Å². The van der Waals surface area contributed by atoms with E-state index in [1.807, 2.05) is 24.3 Å². The van der Waals surface area contributed by atoms with Crippen LogP contribution in [-0.2, 0) is 11.2 Å². The number of nitrogens with one attached hydrogen (secondary N) is 1. The van der Waals surface area contributed by atoms with Crippen LogP contribution in [0.2, 0.25) is 0 Å². The van der Waals surface area contributed by atoms with Gasteiger partial charge in [-0.2, -0.15) is 4.98 Å². The highest BCUT2D eigenvalue weighted by Gasteiger charge is 2.17. The largest absolute Gasteiger partial charge is 0.459 e. The molecule has 3 rings (SSSR count). The van der Waals surface area contributed by atoms with E-state index in [9.17, 15) is 4.79 Å². The Labute approximate surface area is 114 Å². The zero-order valence-corrected chi connectivity index (χ0v) is 10.8. The minimum atomic E-state index is -0.615. The molecule has 0 saturated carbocycles. The zero-order chi connectivity index (χ0) is 13.9. The first-order valence-corrected chi connectivity index (χ1v) is 6.19. The standard InChI is InChI=1S/C13H12N4O3/c1-2-19-13(18)12-16-11(17-20-12)7-10-14-8-5-3-4-6-9(8)15-10/h3-6H,2,7H2,1H3,(H,14,15). The van der Waals surface area contributed by atoms with Crippen LogP contribution in [0.1, 0.15) is 29.3 Å². The predicted octanol–water partition coefficient (Wildman–Crippen LogP) is 1.71. The van der Waals surface area contributed by atoms with Crippen molar-refractivity contribution in [2.45, 2.75) is 13.3 Å². The molecule has 2 aromatic heterocycles. The third kappa shape index (κ3) is 2.37. The number of aromatic amines is 1. The highest BCUT2D eigenvalue weighted by atomic mass is 16.6. The van der Waals surface area contributed by atoms with E-state index in [4.69, 9.17) is 9.26 Å². The van der Waals surface area contributed by atoms with Crippen molar-refractivity contribution in [3.8, 4) is 0 Å². The van der Waals surface area contributed by atoms with Gasteiger partial charge in [-0.1, -0.05) is 17.3 Å². The van der Waals surface area contributed by atoms with Crippen LogP contribution < -0.4 is 0 Å². The van der Waals surface area contributed by atoms with E-state index in [1.165, 1.54) is 0 Å². The van der Waals surface area contributed by atoms with Crippen molar-refractivity contribution in [3.05, 3.63) is 41.8 Å². The Morgan fingerprint density at radius 1 is 1.35 bits per heavy atom. The van der Waals surface area contributed by atoms with Crippen molar-refractivity contribution in [1.82, 2.24) is 20.1 Å². The highest BCUT2D eigenvalue weighted by molar-refractivity contribution is 5.84. The second-order valence-electron chi connectivity index (χ2n) is 4.11. The summed E-state index contributed by atoms with van der Waals surface area (Å²) in [5.74, 6) is 0.336. The Morgan fingerprint density at radius 2 is 2.20 bits per heavy atom. The van der Waals surface area contributed by atoms with Crippen molar-refractivity contribution in [2.24, 2.45) is 0 Å². The molecule has 0 radical (unpaired) electrons. The molecule has 0 unspecified atom stereocenters. The number of para-hydroxylation sites is 2. The third-order valence-electron chi connectivity index (χ3n) is 2.68. The smallest absolute Gasteiger partial charge is 0.397 e. The Kier molecular flexibility index (Phi) is 3.16. The first-order valence-electron chi connectivity index (χ1n) is 6.19. The fraction of sp³-hybridized carbons (Fsp3) is 0.231. The van der Waals surface area contributed by atoms with Crippen molar-refractivity contribution in [1.29, 1.82) is 0 Å². The molecule has 0 amide bonds. The molecule has 7 heteroatoms. The minimum absolute atomic E-state index is 0.141. The summed E-state index contributed by atoms with van der Waals surface area (Å²) in [7, 11) is 0. The van der Waals surface area contributed by atoms with E-state index in [1.54, 1.807) is 6.92 Å². The van der Waals surface area contributed by atoms with Crippen molar-refractivity contribution >= 4 is 17.0 Å². The van der Waals surface area contributed by atoms with Crippen molar-refractivity contribution in [2.75, 3.05) is 6.61 Å². The number of carbonyl (C=O) groups is 1. The molecule has 0 atom stereocenters. The van der Waals surface area contributed by atoms with Gasteiger partial charge in [-0.15, -0.1) is 0 Å². The second kappa shape index (κ2) is 5.12. The number of carbonyl (C=O) groups excluding carboxylic acids is 1. The Balaban J connectivity index is 1.79. The summed E-state index contributed by atoms with van der Waals surface area (Å²) >= 11 is 0. The van der Waals surface area contributed by atoms with Gasteiger partial charge in [-0.05, 0) is 19.1 Å². The molecule has 0 aliphatic carbocycles. The molecule has 102 valence electrons. The van der Waals surface area contributed by atoms with Gasteiger partial charge < -0.3 is 14.2 Å². The van der Waals surface area contributed by atoms with Crippen molar-refractivity contribution < 1.29 is 14.1 Å². The first kappa shape index (κ1) is 12.3. The lowest BCUT2D eigenvalue weighted by molar-refractivity contribution is 0.0470. The number of ether oxygens (including phenoxy) is 1. The van der Waals surface area contributed by atoms with Crippen LogP contribution in [0.25, 0.3) is 11.0 Å². The normalized spacial score (nSPS) is 10.8. The second-order valence-corrected chi connectivity index (χ2v) is 4.11. The van der Waals surface area contributed by atoms with Gasteiger partial charge in [0.2, 0.25) is 0 Å². The van der Waals surface area contributed by atoms with Gasteiger partial charge in [-0.25, -0.2) is 9.78 Å². The number of aromatic nitrogens is 4. The lowest BCUT2D eigenvalue weighted by atomic mass is 10.3. The monoisotopic (exact) mass is 272 g/mol. The molecular weight excluding hydrogens is 260 g/mol. The lowest BCUT2D eigenvalue weighted by Crippen LogP contribution is -2.05. The van der Waals surface area contributed by atoms with Gasteiger partial charge in [-0.3, -0.25) is 0 Å². The number of fused-ring (bicyclic) bond motifs is 1. The topological polar surface area (TPSA) is 93.9 Å². The van der Waals surface area contributed by atoms with Crippen LogP contribution >= 0.6 is 0 Å². The molecule has 7 nitrogen and oxygen atoms in total. The van der Waals surface area contributed by atoms with Crippen molar-refractivity contribution in [3.63, 3.8) is 0 Å². The summed E-state index contributed by atoms with van der Waals surface area (Å²) in [6, 6.07) is 7.69. The summed E-state index contributed by atoms with van der Waals surface area (Å²) in [6.07, 6.45) is 0.359. The summed E-state index contributed by atoms with van der Waals surface area (Å²) in [6.45, 7) is 1.98. The van der Waals surface area contributed by atoms with Crippen LogP contribution in [0.3, 0.4) is 0 Å². The van der Waals surface area contributed by atoms with E-state index in [2.05, 4.69) is 20.1 Å². The molecule has 1 N–H and O–H groups in total. The Morgan fingerprint density at radius 3 is 3.00 bits per heavy atom. The highest BCUT2D eigenvalue weighted by Crippen LogP contribution is 2.12. The number of esters is 1. The molecule has 0 spiro atoms. The van der Waals surface area contributed by atoms with E-state index >= 15 is 0 Å². The number of hydrogen-bond donors (Lipinski definition) is 1. The minimum Gasteiger partial charge on any atom is -0.459 e. The van der Waals surface area contributed by atoms with E-state index in [0.29, 0.717) is 18.1 Å². The maximum atomic E-state index is 11.4. The molecule has 2 heterocycles. The van der Waals surface area contributed by atoms with Crippen LogP contribution in [0.5, 0.6) is 0 Å². The quantitative estimate of drug-likeness (QED) is 0.727. The molecule has 20 heavy (non-hydrogen) atoms. The van der Waals surface area contributed by atoms with Crippen LogP contribution in [-0.4, -0.2) is 32.7 Å². The fourth-order valence-electron chi connectivity index (χ4n) is 1.84. The predicted molar refractivity (Wildman–Crippen MR) is 69.2 cm³/mol. The Bertz CT molecular complexity index is 714. The number of H-pyrrole nitrogens is 1. The maximum absolute atomic E-state index is 11.4. The molecule has 0 fully saturated rings. The van der Waals surface area contributed by atoms with Gasteiger partial charge in [0.05, 0.1) is 24.1 Å². The van der Waals surface area contributed by atoms with Crippen LogP contribution in [0.4, 0.5) is 0 Å². The molecule has 0 bridgehead atoms. The molecule has 0 saturated heterocycles. The van der Waals surface area contributed by atoms with E-state index < -0.39 is 5.97 Å². The SMILES string of the molecule is CCOC(=O)c1nc(Cc2nc3ccccc3[nH]2)no1. The summed E-state index contributed by atoms with van der Waals surface area (Å²) in [5.41, 5.74) is 1.81. The molecule has 0 aliphatic rings. The number of imidazole rings is 1. The molecule has 0 aliphatic heterocycles. The van der Waals surface area contributed by atoms with Crippen LogP contribution in [0, 0.1) is 0 Å². The molecule has 3 aromatic rings. The van der Waals surface area contributed by atoms with Gasteiger partial charge >= 0.3 is 11.9 Å². The van der Waals surface area contributed by atoms with Gasteiger partial charge in [0.25, 0.3) is 0 Å². The van der Waals surface area contributed by atoms with Gasteiger partial charge in [0.1, 0.15) is 5.82 Å². The number of benzene rings is 1. The average molecular weight is 272 g/mol. The number of hydrogen-bond acceptors (Lipinski definition) is 6. The summed E-state index contributed by atoms with van der Waals surface area (Å²) in [5, 5.41) is 3.74. The number of rotatable bonds is 4.